The highest BCUT2D eigenvalue weighted by Gasteiger charge is 2.11. The summed E-state index contributed by atoms with van der Waals surface area (Å²) in [5, 5.41) is 0. The minimum atomic E-state index is -3.69. The Morgan fingerprint density at radius 1 is 1.29 bits per heavy atom. The highest BCUT2D eigenvalue weighted by Crippen LogP contribution is 2.16. The Labute approximate surface area is 130 Å². The van der Waals surface area contributed by atoms with E-state index in [1.165, 1.54) is 12.1 Å². The van der Waals surface area contributed by atoms with E-state index in [9.17, 15) is 13.2 Å². The average molecular weight is 334 g/mol. The molecule has 118 valence electrons. The molecule has 1 aromatic carbocycles. The minimum absolute atomic E-state index is 0.0557. The number of benzene rings is 1. The lowest BCUT2D eigenvalue weighted by Crippen LogP contribution is -2.28. The third-order valence-corrected chi connectivity index (χ3v) is 4.47. The van der Waals surface area contributed by atoms with Gasteiger partial charge in [0, 0.05) is 44.4 Å². The maximum Gasteiger partial charge on any atom is 0.261 e. The standard InChI is InChI=1S/C14H20ClNO4S/c1-16(10-3-11-20-2)14(17)9-6-12-4-7-13(8-5-12)21(15,18)19/h4-5,7-8H,3,6,9-11H2,1-2H3. The molecule has 0 aliphatic heterocycles. The highest BCUT2D eigenvalue weighted by atomic mass is 35.7. The third kappa shape index (κ3) is 6.46. The number of ether oxygens (including phenoxy) is 1. The number of rotatable bonds is 8. The predicted molar refractivity (Wildman–Crippen MR) is 81.9 cm³/mol. The molecule has 1 rings (SSSR count). The number of nitrogens with zero attached hydrogens (tertiary/aromatic N) is 1. The van der Waals surface area contributed by atoms with Gasteiger partial charge >= 0.3 is 0 Å². The van der Waals surface area contributed by atoms with E-state index >= 15 is 0 Å². The van der Waals surface area contributed by atoms with Gasteiger partial charge in [-0.25, -0.2) is 8.42 Å². The van der Waals surface area contributed by atoms with Crippen LogP contribution in [0.15, 0.2) is 29.2 Å². The average Bonchev–Trinajstić information content (AvgIpc) is 2.44. The van der Waals surface area contributed by atoms with Crippen molar-refractivity contribution >= 4 is 25.6 Å². The van der Waals surface area contributed by atoms with E-state index in [0.29, 0.717) is 26.0 Å². The van der Waals surface area contributed by atoms with Gasteiger partial charge in [0.05, 0.1) is 4.90 Å². The molecule has 0 saturated heterocycles. The number of hydrogen-bond donors (Lipinski definition) is 0. The molecule has 21 heavy (non-hydrogen) atoms. The summed E-state index contributed by atoms with van der Waals surface area (Å²) in [5.41, 5.74) is 0.901. The van der Waals surface area contributed by atoms with E-state index in [4.69, 9.17) is 15.4 Å². The topological polar surface area (TPSA) is 63.7 Å². The summed E-state index contributed by atoms with van der Waals surface area (Å²) < 4.78 is 27.2. The monoisotopic (exact) mass is 333 g/mol. The van der Waals surface area contributed by atoms with Crippen LogP contribution >= 0.6 is 10.7 Å². The molecule has 0 saturated carbocycles. The van der Waals surface area contributed by atoms with Gasteiger partial charge in [-0.15, -0.1) is 0 Å². The van der Waals surface area contributed by atoms with Crippen molar-refractivity contribution in [3.05, 3.63) is 29.8 Å². The van der Waals surface area contributed by atoms with Crippen LogP contribution in [0.4, 0.5) is 0 Å². The molecule has 1 amide bonds. The number of methoxy groups -OCH3 is 1. The van der Waals surface area contributed by atoms with Crippen LogP contribution in [0.1, 0.15) is 18.4 Å². The van der Waals surface area contributed by atoms with Crippen molar-refractivity contribution < 1.29 is 17.9 Å². The molecule has 0 unspecified atom stereocenters. The summed E-state index contributed by atoms with van der Waals surface area (Å²) in [6, 6.07) is 6.25. The number of aryl methyl sites for hydroxylation is 1. The molecule has 0 aliphatic carbocycles. The van der Waals surface area contributed by atoms with Gasteiger partial charge in [-0.05, 0) is 30.5 Å². The van der Waals surface area contributed by atoms with Crippen LogP contribution in [0.2, 0.25) is 0 Å². The van der Waals surface area contributed by atoms with Crippen LogP contribution in [0.25, 0.3) is 0 Å². The van der Waals surface area contributed by atoms with Crippen molar-refractivity contribution in [2.24, 2.45) is 0 Å². The SMILES string of the molecule is COCCCN(C)C(=O)CCc1ccc(S(=O)(=O)Cl)cc1. The number of amides is 1. The largest absolute Gasteiger partial charge is 0.385 e. The van der Waals surface area contributed by atoms with Gasteiger partial charge in [0.1, 0.15) is 0 Å². The van der Waals surface area contributed by atoms with Gasteiger partial charge in [-0.2, -0.15) is 0 Å². The summed E-state index contributed by atoms with van der Waals surface area (Å²) in [6.07, 6.45) is 1.76. The Hall–Kier alpha value is -1.11. The molecule has 5 nitrogen and oxygen atoms in total. The predicted octanol–water partition coefficient (Wildman–Crippen LogP) is 2.04. The molecule has 0 aromatic heterocycles. The van der Waals surface area contributed by atoms with Crippen LogP contribution in [0.5, 0.6) is 0 Å². The van der Waals surface area contributed by atoms with Crippen LogP contribution in [0.3, 0.4) is 0 Å². The number of carbonyl (C=O) groups is 1. The molecule has 0 fully saturated rings. The van der Waals surface area contributed by atoms with Gasteiger partial charge in [-0.1, -0.05) is 12.1 Å². The third-order valence-electron chi connectivity index (χ3n) is 3.10. The first-order valence-corrected chi connectivity index (χ1v) is 8.92. The van der Waals surface area contributed by atoms with Crippen molar-refractivity contribution in [1.29, 1.82) is 0 Å². The van der Waals surface area contributed by atoms with Gasteiger partial charge in [0.15, 0.2) is 0 Å². The maximum absolute atomic E-state index is 11.9. The van der Waals surface area contributed by atoms with Crippen molar-refractivity contribution in [1.82, 2.24) is 4.90 Å². The van der Waals surface area contributed by atoms with Gasteiger partial charge in [-0.3, -0.25) is 4.79 Å². The summed E-state index contributed by atoms with van der Waals surface area (Å²) in [6.45, 7) is 1.29. The molecule has 0 bridgehead atoms. The van der Waals surface area contributed by atoms with Gasteiger partial charge < -0.3 is 9.64 Å². The Bertz CT molecular complexity index is 557. The molecule has 0 aliphatic rings. The summed E-state index contributed by atoms with van der Waals surface area (Å²) in [4.78, 5) is 13.6. The second kappa shape index (κ2) is 8.36. The fourth-order valence-electron chi connectivity index (χ4n) is 1.83. The van der Waals surface area contributed by atoms with Gasteiger partial charge in [0.25, 0.3) is 9.05 Å². The van der Waals surface area contributed by atoms with Crippen LogP contribution in [-0.4, -0.2) is 46.5 Å². The molecule has 0 spiro atoms. The molecule has 0 radical (unpaired) electrons. The number of carbonyl (C=O) groups excluding carboxylic acids is 1. The first-order chi connectivity index (χ1) is 9.84. The maximum atomic E-state index is 11.9. The molecular weight excluding hydrogens is 314 g/mol. The van der Waals surface area contributed by atoms with E-state index in [1.54, 1.807) is 31.2 Å². The van der Waals surface area contributed by atoms with E-state index in [-0.39, 0.29) is 10.8 Å². The van der Waals surface area contributed by atoms with E-state index in [0.717, 1.165) is 12.0 Å². The molecule has 1 aromatic rings. The lowest BCUT2D eigenvalue weighted by atomic mass is 10.1. The smallest absolute Gasteiger partial charge is 0.261 e. The van der Waals surface area contributed by atoms with Crippen molar-refractivity contribution in [2.75, 3.05) is 27.3 Å². The normalized spacial score (nSPS) is 11.4. The molecular formula is C14H20ClNO4S. The lowest BCUT2D eigenvalue weighted by Gasteiger charge is -2.16. The Balaban J connectivity index is 2.46. The van der Waals surface area contributed by atoms with Crippen LogP contribution < -0.4 is 0 Å². The van der Waals surface area contributed by atoms with Crippen molar-refractivity contribution in [2.45, 2.75) is 24.2 Å². The molecule has 0 heterocycles. The van der Waals surface area contributed by atoms with Gasteiger partial charge in [0.2, 0.25) is 5.91 Å². The second-order valence-electron chi connectivity index (χ2n) is 4.74. The fourth-order valence-corrected chi connectivity index (χ4v) is 2.60. The quantitative estimate of drug-likeness (QED) is 0.539. The second-order valence-corrected chi connectivity index (χ2v) is 7.31. The van der Waals surface area contributed by atoms with E-state index in [1.807, 2.05) is 0 Å². The summed E-state index contributed by atoms with van der Waals surface area (Å²) in [5.74, 6) is 0.0557. The Morgan fingerprint density at radius 2 is 1.90 bits per heavy atom. The first kappa shape index (κ1) is 17.9. The van der Waals surface area contributed by atoms with Crippen molar-refractivity contribution in [3.63, 3.8) is 0 Å². The Morgan fingerprint density at radius 3 is 2.43 bits per heavy atom. The van der Waals surface area contributed by atoms with Crippen LogP contribution in [-0.2, 0) is 25.0 Å². The fraction of sp³-hybridized carbons (Fsp3) is 0.500. The van der Waals surface area contributed by atoms with Crippen LogP contribution in [0, 0.1) is 0 Å². The first-order valence-electron chi connectivity index (χ1n) is 6.61. The summed E-state index contributed by atoms with van der Waals surface area (Å²) in [7, 11) is 4.95. The zero-order chi connectivity index (χ0) is 15.9. The van der Waals surface area contributed by atoms with E-state index < -0.39 is 9.05 Å². The minimum Gasteiger partial charge on any atom is -0.385 e. The highest BCUT2D eigenvalue weighted by molar-refractivity contribution is 8.13. The van der Waals surface area contributed by atoms with Crippen molar-refractivity contribution in [3.8, 4) is 0 Å². The zero-order valence-corrected chi connectivity index (χ0v) is 13.8. The Kier molecular flexibility index (Phi) is 7.14. The van der Waals surface area contributed by atoms with E-state index in [2.05, 4.69) is 0 Å². The molecule has 0 atom stereocenters. The number of halogens is 1. The summed E-state index contributed by atoms with van der Waals surface area (Å²) >= 11 is 0. The zero-order valence-electron chi connectivity index (χ0n) is 12.2. The molecule has 0 N–H and O–H groups in total. The number of hydrogen-bond acceptors (Lipinski definition) is 4. The lowest BCUT2D eigenvalue weighted by molar-refractivity contribution is -0.130. The molecule has 7 heteroatoms.